The normalized spacial score (nSPS) is 16.8. The van der Waals surface area contributed by atoms with Crippen molar-refractivity contribution >= 4 is 17.4 Å². The molecule has 0 fully saturated rings. The van der Waals surface area contributed by atoms with Crippen LogP contribution in [0.5, 0.6) is 0 Å². The lowest BCUT2D eigenvalue weighted by atomic mass is 9.98. The minimum atomic E-state index is -0.126. The number of hydrogen-bond donors (Lipinski definition) is 2. The zero-order valence-electron chi connectivity index (χ0n) is 14.3. The molecule has 0 saturated carbocycles. The molecular formula is C18H23N3O2S. The third-order valence-corrected chi connectivity index (χ3v) is 5.65. The Kier molecular flexibility index (Phi) is 4.76. The summed E-state index contributed by atoms with van der Waals surface area (Å²) >= 11 is 1.77. The molecule has 6 heteroatoms. The van der Waals surface area contributed by atoms with Crippen molar-refractivity contribution in [2.24, 2.45) is 0 Å². The highest BCUT2D eigenvalue weighted by atomic mass is 32.1. The summed E-state index contributed by atoms with van der Waals surface area (Å²) in [6.45, 7) is 6.84. The first-order chi connectivity index (χ1) is 11.5. The Balaban J connectivity index is 1.73. The lowest BCUT2D eigenvalue weighted by Gasteiger charge is -2.35. The van der Waals surface area contributed by atoms with Crippen molar-refractivity contribution in [1.82, 2.24) is 15.2 Å². The zero-order chi connectivity index (χ0) is 17.3. The van der Waals surface area contributed by atoms with Gasteiger partial charge in [-0.15, -0.1) is 11.3 Å². The van der Waals surface area contributed by atoms with E-state index in [0.29, 0.717) is 5.56 Å². The van der Waals surface area contributed by atoms with Crippen molar-refractivity contribution in [3.63, 3.8) is 0 Å². The molecule has 0 spiro atoms. The Labute approximate surface area is 145 Å². The van der Waals surface area contributed by atoms with Crippen LogP contribution in [0.4, 0.5) is 4.79 Å². The average molecular weight is 345 g/mol. The molecule has 1 aliphatic rings. The number of thiophene rings is 1. The zero-order valence-corrected chi connectivity index (χ0v) is 15.1. The van der Waals surface area contributed by atoms with E-state index >= 15 is 0 Å². The summed E-state index contributed by atoms with van der Waals surface area (Å²) in [5, 5.41) is 5.03. The van der Waals surface area contributed by atoms with E-state index in [1.165, 1.54) is 10.4 Å². The van der Waals surface area contributed by atoms with Crippen molar-refractivity contribution in [3.8, 4) is 0 Å². The third-order valence-electron chi connectivity index (χ3n) is 4.65. The van der Waals surface area contributed by atoms with E-state index in [0.717, 1.165) is 30.6 Å². The first kappa shape index (κ1) is 16.8. The SMILES string of the molecule is CC[C@H]1c2ccsc2CCN1C(=O)NCc1c(C)cc(C)[nH]c1=O. The lowest BCUT2D eigenvalue weighted by molar-refractivity contribution is 0.167. The number of carbonyl (C=O) groups is 1. The quantitative estimate of drug-likeness (QED) is 0.897. The summed E-state index contributed by atoms with van der Waals surface area (Å²) in [5.41, 5.74) is 3.50. The molecule has 2 amide bonds. The van der Waals surface area contributed by atoms with Crippen molar-refractivity contribution in [2.45, 2.75) is 46.2 Å². The van der Waals surface area contributed by atoms with Crippen molar-refractivity contribution in [3.05, 3.63) is 55.1 Å². The van der Waals surface area contributed by atoms with Crippen LogP contribution in [-0.4, -0.2) is 22.5 Å². The van der Waals surface area contributed by atoms with Crippen LogP contribution in [-0.2, 0) is 13.0 Å². The monoisotopic (exact) mass is 345 g/mol. The number of aryl methyl sites for hydroxylation is 2. The molecule has 2 aromatic rings. The highest BCUT2D eigenvalue weighted by Crippen LogP contribution is 2.35. The molecule has 3 heterocycles. The molecular weight excluding hydrogens is 322 g/mol. The maximum absolute atomic E-state index is 12.7. The maximum Gasteiger partial charge on any atom is 0.318 e. The van der Waals surface area contributed by atoms with Crippen LogP contribution < -0.4 is 10.9 Å². The van der Waals surface area contributed by atoms with E-state index < -0.39 is 0 Å². The van der Waals surface area contributed by atoms with Gasteiger partial charge in [0, 0.05) is 22.7 Å². The van der Waals surface area contributed by atoms with E-state index in [-0.39, 0.29) is 24.2 Å². The second kappa shape index (κ2) is 6.81. The third kappa shape index (κ3) is 3.11. The highest BCUT2D eigenvalue weighted by molar-refractivity contribution is 7.10. The van der Waals surface area contributed by atoms with Gasteiger partial charge in [0.05, 0.1) is 12.6 Å². The summed E-state index contributed by atoms with van der Waals surface area (Å²) < 4.78 is 0. The molecule has 2 aromatic heterocycles. The van der Waals surface area contributed by atoms with Crippen LogP contribution in [0.25, 0.3) is 0 Å². The van der Waals surface area contributed by atoms with Crippen LogP contribution in [0.2, 0.25) is 0 Å². The summed E-state index contributed by atoms with van der Waals surface area (Å²) in [6, 6.07) is 4.08. The molecule has 3 rings (SSSR count). The molecule has 0 aromatic carbocycles. The summed E-state index contributed by atoms with van der Waals surface area (Å²) in [7, 11) is 0. The minimum absolute atomic E-state index is 0.0990. The Morgan fingerprint density at radius 3 is 2.96 bits per heavy atom. The maximum atomic E-state index is 12.7. The van der Waals surface area contributed by atoms with Gasteiger partial charge in [0.15, 0.2) is 0 Å². The number of urea groups is 1. The Morgan fingerprint density at radius 1 is 1.46 bits per heavy atom. The van der Waals surface area contributed by atoms with Gasteiger partial charge in [-0.25, -0.2) is 4.79 Å². The van der Waals surface area contributed by atoms with Crippen molar-refractivity contribution in [1.29, 1.82) is 0 Å². The van der Waals surface area contributed by atoms with Crippen LogP contribution in [0.15, 0.2) is 22.3 Å². The van der Waals surface area contributed by atoms with Gasteiger partial charge >= 0.3 is 6.03 Å². The van der Waals surface area contributed by atoms with Crippen molar-refractivity contribution in [2.75, 3.05) is 6.54 Å². The number of aromatic nitrogens is 1. The highest BCUT2D eigenvalue weighted by Gasteiger charge is 2.30. The molecule has 24 heavy (non-hydrogen) atoms. The molecule has 0 bridgehead atoms. The molecule has 5 nitrogen and oxygen atoms in total. The molecule has 0 radical (unpaired) electrons. The standard InChI is InChI=1S/C18H23N3O2S/c1-4-15-13-6-8-24-16(13)5-7-21(15)18(23)19-10-14-11(2)9-12(3)20-17(14)22/h6,8-9,15H,4-5,7,10H2,1-3H3,(H,19,23)(H,20,22)/t15-/m0/s1. The van der Waals surface area contributed by atoms with Gasteiger partial charge in [-0.1, -0.05) is 6.92 Å². The first-order valence-electron chi connectivity index (χ1n) is 8.31. The van der Waals surface area contributed by atoms with Crippen molar-refractivity contribution < 1.29 is 4.79 Å². The largest absolute Gasteiger partial charge is 0.334 e. The van der Waals surface area contributed by atoms with Crippen LogP contribution in [0.3, 0.4) is 0 Å². The number of carbonyl (C=O) groups excluding carboxylic acids is 1. The smallest absolute Gasteiger partial charge is 0.318 e. The predicted octanol–water partition coefficient (Wildman–Crippen LogP) is 3.27. The molecule has 1 aliphatic heterocycles. The molecule has 0 unspecified atom stereocenters. The van der Waals surface area contributed by atoms with E-state index in [1.54, 1.807) is 11.3 Å². The number of fused-ring (bicyclic) bond motifs is 1. The van der Waals surface area contributed by atoms with Gasteiger partial charge in [-0.2, -0.15) is 0 Å². The molecule has 1 atom stereocenters. The van der Waals surface area contributed by atoms with E-state index in [9.17, 15) is 9.59 Å². The number of nitrogens with zero attached hydrogens (tertiary/aromatic N) is 1. The van der Waals surface area contributed by atoms with Crippen LogP contribution >= 0.6 is 11.3 Å². The first-order valence-corrected chi connectivity index (χ1v) is 9.19. The molecule has 0 saturated heterocycles. The van der Waals surface area contributed by atoms with Gasteiger partial charge in [0.25, 0.3) is 5.56 Å². The number of hydrogen-bond acceptors (Lipinski definition) is 3. The Morgan fingerprint density at radius 2 is 2.25 bits per heavy atom. The van der Waals surface area contributed by atoms with Gasteiger partial charge in [-0.3, -0.25) is 4.79 Å². The topological polar surface area (TPSA) is 65.2 Å². The van der Waals surface area contributed by atoms with Gasteiger partial charge in [0.1, 0.15) is 0 Å². The number of aromatic amines is 1. The lowest BCUT2D eigenvalue weighted by Crippen LogP contribution is -2.45. The predicted molar refractivity (Wildman–Crippen MR) is 96.5 cm³/mol. The second-order valence-corrected chi connectivity index (χ2v) is 7.27. The number of rotatable bonds is 3. The molecule has 2 N–H and O–H groups in total. The second-order valence-electron chi connectivity index (χ2n) is 6.27. The van der Waals surface area contributed by atoms with E-state index in [2.05, 4.69) is 28.7 Å². The molecule has 128 valence electrons. The summed E-state index contributed by atoms with van der Waals surface area (Å²) in [5.74, 6) is 0. The number of pyridine rings is 1. The fourth-order valence-corrected chi connectivity index (χ4v) is 4.37. The van der Waals surface area contributed by atoms with E-state index in [1.807, 2.05) is 24.8 Å². The summed E-state index contributed by atoms with van der Waals surface area (Å²) in [4.78, 5) is 30.8. The number of H-pyrrole nitrogens is 1. The van der Waals surface area contributed by atoms with Gasteiger partial charge in [0.2, 0.25) is 0 Å². The average Bonchev–Trinajstić information content (AvgIpc) is 3.01. The number of nitrogens with one attached hydrogen (secondary N) is 2. The fraction of sp³-hybridized carbons (Fsp3) is 0.444. The number of amides is 2. The van der Waals surface area contributed by atoms with Gasteiger partial charge < -0.3 is 15.2 Å². The van der Waals surface area contributed by atoms with Crippen LogP contribution in [0, 0.1) is 13.8 Å². The summed E-state index contributed by atoms with van der Waals surface area (Å²) in [6.07, 6.45) is 1.79. The Bertz CT molecular complexity index is 809. The Hall–Kier alpha value is -2.08. The van der Waals surface area contributed by atoms with Gasteiger partial charge in [-0.05, 0) is 55.3 Å². The van der Waals surface area contributed by atoms with E-state index in [4.69, 9.17) is 0 Å². The molecule has 0 aliphatic carbocycles. The van der Waals surface area contributed by atoms with Crippen LogP contribution in [0.1, 0.15) is 46.6 Å². The minimum Gasteiger partial charge on any atom is -0.334 e. The fourth-order valence-electron chi connectivity index (χ4n) is 3.45.